The molecule has 4 rings (SSSR count). The summed E-state index contributed by atoms with van der Waals surface area (Å²) in [5.74, 6) is -2.36. The first-order valence-corrected chi connectivity index (χ1v) is 15.2. The van der Waals surface area contributed by atoms with E-state index < -0.39 is 39.2 Å². The molecule has 1 fully saturated rings. The summed E-state index contributed by atoms with van der Waals surface area (Å²) < 4.78 is 72.2. The van der Waals surface area contributed by atoms with Crippen molar-refractivity contribution in [3.8, 4) is 0 Å². The fourth-order valence-corrected chi connectivity index (χ4v) is 6.99. The number of benzene rings is 3. The fourth-order valence-electron chi connectivity index (χ4n) is 5.23. The van der Waals surface area contributed by atoms with Gasteiger partial charge in [-0.2, -0.15) is 0 Å². The summed E-state index contributed by atoms with van der Waals surface area (Å²) in [7, 11) is -4.42. The molecular weight excluding hydrogens is 561 g/mol. The van der Waals surface area contributed by atoms with Crippen LogP contribution < -0.4 is 9.62 Å². The van der Waals surface area contributed by atoms with Crippen LogP contribution in [0.1, 0.15) is 69.0 Å². The molecule has 1 saturated carbocycles. The maximum Gasteiger partial charge on any atom is 0.264 e. The molecule has 3 aromatic carbocycles. The Morgan fingerprint density at radius 3 is 2.33 bits per heavy atom. The van der Waals surface area contributed by atoms with E-state index in [1.165, 1.54) is 55.8 Å². The fraction of sp³-hybridized carbons (Fsp3) is 0.367. The van der Waals surface area contributed by atoms with Crippen LogP contribution in [0.5, 0.6) is 0 Å². The molecule has 1 aliphatic carbocycles. The number of halogens is 4. The van der Waals surface area contributed by atoms with Crippen LogP contribution in [-0.4, -0.2) is 20.4 Å². The lowest BCUT2D eigenvalue weighted by Crippen LogP contribution is -2.36. The normalized spacial score (nSPS) is 15.0. The van der Waals surface area contributed by atoms with Crippen molar-refractivity contribution in [1.29, 1.82) is 0 Å². The summed E-state index contributed by atoms with van der Waals surface area (Å²) in [6.45, 7) is 1.53. The van der Waals surface area contributed by atoms with Gasteiger partial charge in [0.25, 0.3) is 10.0 Å². The van der Waals surface area contributed by atoms with E-state index in [1.54, 1.807) is 0 Å². The number of aryl methyl sites for hydroxylation is 1. The zero-order chi connectivity index (χ0) is 28.9. The van der Waals surface area contributed by atoms with Gasteiger partial charge < -0.3 is 5.32 Å². The Morgan fingerprint density at radius 1 is 0.975 bits per heavy atom. The molecule has 10 heteroatoms. The molecule has 1 amide bonds. The van der Waals surface area contributed by atoms with Gasteiger partial charge >= 0.3 is 0 Å². The van der Waals surface area contributed by atoms with E-state index in [0.29, 0.717) is 22.6 Å². The second kappa shape index (κ2) is 13.1. The lowest BCUT2D eigenvalue weighted by Gasteiger charge is -2.32. The Labute approximate surface area is 238 Å². The topological polar surface area (TPSA) is 66.5 Å². The highest BCUT2D eigenvalue weighted by Crippen LogP contribution is 2.37. The van der Waals surface area contributed by atoms with Crippen molar-refractivity contribution < 1.29 is 26.4 Å². The van der Waals surface area contributed by atoms with E-state index in [9.17, 15) is 22.0 Å². The average molecular weight is 593 g/mol. The Bertz CT molecular complexity index is 1450. The predicted octanol–water partition coefficient (Wildman–Crippen LogP) is 7.49. The molecule has 40 heavy (non-hydrogen) atoms. The van der Waals surface area contributed by atoms with Gasteiger partial charge in [0.1, 0.15) is 17.5 Å². The molecule has 0 spiro atoms. The molecular formula is C30H32ClF3N2O3S. The van der Waals surface area contributed by atoms with Gasteiger partial charge in [0, 0.05) is 23.6 Å². The second-order valence-corrected chi connectivity index (χ2v) is 12.4. The lowest BCUT2D eigenvalue weighted by molar-refractivity contribution is -0.122. The number of hydrogen-bond donors (Lipinski definition) is 1. The third-order valence-electron chi connectivity index (χ3n) is 7.24. The summed E-state index contributed by atoms with van der Waals surface area (Å²) in [5, 5.41) is 3.37. The third-order valence-corrected chi connectivity index (χ3v) is 9.39. The summed E-state index contributed by atoms with van der Waals surface area (Å²) in [4.78, 5) is 12.3. The lowest BCUT2D eigenvalue weighted by atomic mass is 9.95. The maximum atomic E-state index is 15.1. The maximum absolute atomic E-state index is 15.1. The number of amides is 1. The molecule has 214 valence electrons. The van der Waals surface area contributed by atoms with Crippen molar-refractivity contribution in [2.75, 3.05) is 4.31 Å². The number of rotatable bonds is 10. The molecule has 1 N–H and O–H groups in total. The zero-order valence-electron chi connectivity index (χ0n) is 22.2. The van der Waals surface area contributed by atoms with E-state index in [4.69, 9.17) is 11.6 Å². The SMILES string of the molecule is CC(c1ccc(F)cc1CCCC(=O)NC1CCCCC1)N(c1cc(F)ccc1F)S(=O)(=O)c1ccc(Cl)cc1. The van der Waals surface area contributed by atoms with Crippen LogP contribution >= 0.6 is 11.6 Å². The van der Waals surface area contributed by atoms with Crippen LogP contribution in [0.3, 0.4) is 0 Å². The molecule has 0 aliphatic heterocycles. The summed E-state index contributed by atoms with van der Waals surface area (Å²) >= 11 is 5.94. The van der Waals surface area contributed by atoms with Crippen LogP contribution in [-0.2, 0) is 21.2 Å². The number of nitrogens with zero attached hydrogens (tertiary/aromatic N) is 1. The van der Waals surface area contributed by atoms with Crippen molar-refractivity contribution in [1.82, 2.24) is 5.32 Å². The standard InChI is InChI=1S/C30H32ClF3N2O3S/c1-20(27-16-12-23(32)18-21(27)6-5-9-30(37)35-25-7-3-2-4-8-25)36(29-19-24(33)13-17-28(29)34)40(38,39)26-14-10-22(31)11-15-26/h10-20,25H,2-9H2,1H3,(H,35,37). The highest BCUT2D eigenvalue weighted by molar-refractivity contribution is 7.92. The quantitative estimate of drug-likeness (QED) is 0.265. The van der Waals surface area contributed by atoms with Crippen LogP contribution in [0.4, 0.5) is 18.9 Å². The van der Waals surface area contributed by atoms with Gasteiger partial charge in [0.15, 0.2) is 0 Å². The largest absolute Gasteiger partial charge is 0.353 e. The number of anilines is 1. The summed E-state index contributed by atoms with van der Waals surface area (Å²) in [5.41, 5.74) is 0.408. The third kappa shape index (κ3) is 7.18. The molecule has 1 atom stereocenters. The van der Waals surface area contributed by atoms with Crippen molar-refractivity contribution in [2.24, 2.45) is 0 Å². The molecule has 0 heterocycles. The number of nitrogens with one attached hydrogen (secondary N) is 1. The van der Waals surface area contributed by atoms with Gasteiger partial charge in [0.05, 0.1) is 16.6 Å². The van der Waals surface area contributed by atoms with Crippen LogP contribution in [0.25, 0.3) is 0 Å². The van der Waals surface area contributed by atoms with Gasteiger partial charge in [-0.25, -0.2) is 21.6 Å². The number of hydrogen-bond acceptors (Lipinski definition) is 3. The van der Waals surface area contributed by atoms with Gasteiger partial charge in [-0.3, -0.25) is 9.10 Å². The molecule has 0 aromatic heterocycles. The minimum absolute atomic E-state index is 0.0772. The first kappa shape index (κ1) is 29.9. The Balaban J connectivity index is 1.64. The monoisotopic (exact) mass is 592 g/mol. The highest BCUT2D eigenvalue weighted by atomic mass is 35.5. The van der Waals surface area contributed by atoms with Gasteiger partial charge in [-0.05, 0) is 92.3 Å². The van der Waals surface area contributed by atoms with Gasteiger partial charge in [-0.15, -0.1) is 0 Å². The molecule has 1 aliphatic rings. The Hall–Kier alpha value is -3.04. The minimum atomic E-state index is -4.42. The first-order chi connectivity index (χ1) is 19.1. The molecule has 3 aromatic rings. The van der Waals surface area contributed by atoms with E-state index in [1.807, 2.05) is 0 Å². The van der Waals surface area contributed by atoms with Crippen LogP contribution in [0.15, 0.2) is 65.6 Å². The molecule has 0 saturated heterocycles. The Kier molecular flexibility index (Phi) is 9.79. The minimum Gasteiger partial charge on any atom is -0.353 e. The van der Waals surface area contributed by atoms with E-state index in [2.05, 4.69) is 5.32 Å². The smallest absolute Gasteiger partial charge is 0.264 e. The van der Waals surface area contributed by atoms with Crippen molar-refractivity contribution >= 4 is 33.2 Å². The molecule has 0 radical (unpaired) electrons. The van der Waals surface area contributed by atoms with E-state index in [0.717, 1.165) is 48.2 Å². The summed E-state index contributed by atoms with van der Waals surface area (Å²) in [6.07, 6.45) is 6.21. The summed E-state index contributed by atoms with van der Waals surface area (Å²) in [6, 6.07) is 11.0. The van der Waals surface area contributed by atoms with Gasteiger partial charge in [-0.1, -0.05) is 36.9 Å². The molecule has 5 nitrogen and oxygen atoms in total. The number of carbonyl (C=O) groups excluding carboxylic acids is 1. The number of sulfonamides is 1. The predicted molar refractivity (Wildman–Crippen MR) is 150 cm³/mol. The van der Waals surface area contributed by atoms with Crippen molar-refractivity contribution in [3.05, 3.63) is 94.3 Å². The second-order valence-electron chi connectivity index (χ2n) is 10.1. The van der Waals surface area contributed by atoms with Gasteiger partial charge in [0.2, 0.25) is 5.91 Å². The van der Waals surface area contributed by atoms with E-state index >= 15 is 4.39 Å². The van der Waals surface area contributed by atoms with Crippen molar-refractivity contribution in [2.45, 2.75) is 75.3 Å². The first-order valence-electron chi connectivity index (χ1n) is 13.4. The average Bonchev–Trinajstić information content (AvgIpc) is 2.91. The Morgan fingerprint density at radius 2 is 1.62 bits per heavy atom. The molecule has 0 bridgehead atoms. The zero-order valence-corrected chi connectivity index (χ0v) is 23.7. The number of carbonyl (C=O) groups is 1. The van der Waals surface area contributed by atoms with E-state index in [-0.39, 0.29) is 29.7 Å². The van der Waals surface area contributed by atoms with Crippen LogP contribution in [0.2, 0.25) is 5.02 Å². The van der Waals surface area contributed by atoms with Crippen molar-refractivity contribution in [3.63, 3.8) is 0 Å². The highest BCUT2D eigenvalue weighted by Gasteiger charge is 2.33. The van der Waals surface area contributed by atoms with Crippen LogP contribution in [0, 0.1) is 17.5 Å². The molecule has 1 unspecified atom stereocenters.